The number of alkyl carbamates (subject to hydrolysis) is 1. The molecule has 180 valence electrons. The minimum absolute atomic E-state index is 0.0612. The van der Waals surface area contributed by atoms with Crippen LogP contribution in [0.2, 0.25) is 0 Å². The number of rotatable bonds is 8. The molecule has 1 aliphatic carbocycles. The van der Waals surface area contributed by atoms with Crippen LogP contribution in [-0.4, -0.2) is 35.7 Å². The van der Waals surface area contributed by atoms with Gasteiger partial charge in [0.2, 0.25) is 5.91 Å². The Bertz CT molecular complexity index is 1200. The molecule has 0 saturated heterocycles. The first-order valence-corrected chi connectivity index (χ1v) is 11.5. The van der Waals surface area contributed by atoms with Crippen molar-refractivity contribution in [3.8, 4) is 11.1 Å². The van der Waals surface area contributed by atoms with Crippen LogP contribution in [0.4, 0.5) is 4.79 Å². The number of hydrogen-bond acceptors (Lipinski definition) is 4. The molecule has 4 rings (SSSR count). The highest BCUT2D eigenvalue weighted by Crippen LogP contribution is 2.44. The molecular weight excluding hydrogens is 444 g/mol. The molecule has 2 amide bonds. The van der Waals surface area contributed by atoms with E-state index in [0.29, 0.717) is 5.56 Å². The lowest BCUT2D eigenvalue weighted by atomic mass is 9.91. The molecule has 1 aliphatic rings. The van der Waals surface area contributed by atoms with Crippen molar-refractivity contribution in [1.82, 2.24) is 10.6 Å². The van der Waals surface area contributed by atoms with Crippen molar-refractivity contribution in [1.29, 1.82) is 0 Å². The molecule has 3 aromatic carbocycles. The fourth-order valence-electron chi connectivity index (χ4n) is 4.52. The number of aliphatic carboxylic acids is 1. The fourth-order valence-corrected chi connectivity index (χ4v) is 4.52. The molecule has 0 bridgehead atoms. The number of ether oxygens (including phenoxy) is 1. The van der Waals surface area contributed by atoms with E-state index in [1.54, 1.807) is 37.3 Å². The zero-order chi connectivity index (χ0) is 25.0. The smallest absolute Gasteiger partial charge is 0.407 e. The van der Waals surface area contributed by atoms with Gasteiger partial charge >= 0.3 is 12.1 Å². The molecule has 0 spiro atoms. The summed E-state index contributed by atoms with van der Waals surface area (Å²) in [5, 5.41) is 15.0. The number of amides is 2. The number of carbonyl (C=O) groups excluding carboxylic acids is 2. The summed E-state index contributed by atoms with van der Waals surface area (Å²) in [5.41, 5.74) is 3.38. The molecule has 2 atom stereocenters. The van der Waals surface area contributed by atoms with E-state index >= 15 is 0 Å². The van der Waals surface area contributed by atoms with E-state index in [-0.39, 0.29) is 18.9 Å². The Kier molecular flexibility index (Phi) is 6.87. The molecule has 0 saturated carbocycles. The molecule has 0 radical (unpaired) electrons. The van der Waals surface area contributed by atoms with Gasteiger partial charge in [-0.15, -0.1) is 0 Å². The maximum Gasteiger partial charge on any atom is 0.407 e. The standard InChI is InChI=1S/C28H28N2O5/c1-18(16-25(31)30-28(2,26(32)33)19-10-4-3-5-11-19)29-27(34)35-17-24-22-14-8-6-12-20(22)21-13-7-9-15-23(21)24/h3-15,18,24H,16-17H2,1-2H3,(H,29,34)(H,30,31)(H,32,33)/t18-,28?/m1/s1. The molecule has 7 nitrogen and oxygen atoms in total. The Morgan fingerprint density at radius 2 is 1.46 bits per heavy atom. The van der Waals surface area contributed by atoms with Crippen LogP contribution in [0.3, 0.4) is 0 Å². The summed E-state index contributed by atoms with van der Waals surface area (Å²) in [6, 6.07) is 24.1. The lowest BCUT2D eigenvalue weighted by Crippen LogP contribution is -2.51. The zero-order valence-corrected chi connectivity index (χ0v) is 19.7. The molecule has 3 N–H and O–H groups in total. The molecule has 1 unspecified atom stereocenters. The van der Waals surface area contributed by atoms with Gasteiger partial charge in [0.25, 0.3) is 0 Å². The maximum absolute atomic E-state index is 12.6. The first-order valence-electron chi connectivity index (χ1n) is 11.5. The lowest BCUT2D eigenvalue weighted by molar-refractivity contribution is -0.147. The van der Waals surface area contributed by atoms with Crippen molar-refractivity contribution >= 4 is 18.0 Å². The van der Waals surface area contributed by atoms with Crippen molar-refractivity contribution < 1.29 is 24.2 Å². The summed E-state index contributed by atoms with van der Waals surface area (Å²) in [6.45, 7) is 3.28. The summed E-state index contributed by atoms with van der Waals surface area (Å²) >= 11 is 0. The lowest BCUT2D eigenvalue weighted by Gasteiger charge is -2.27. The number of carboxylic acids is 1. The van der Waals surface area contributed by atoms with Crippen molar-refractivity contribution in [2.75, 3.05) is 6.61 Å². The summed E-state index contributed by atoms with van der Waals surface area (Å²) in [6.07, 6.45) is -0.726. The van der Waals surface area contributed by atoms with E-state index in [1.807, 2.05) is 36.4 Å². The average molecular weight is 473 g/mol. The Hall–Kier alpha value is -4.13. The highest BCUT2D eigenvalue weighted by Gasteiger charge is 2.37. The van der Waals surface area contributed by atoms with E-state index in [9.17, 15) is 19.5 Å². The SMILES string of the molecule is C[C@H](CC(=O)NC(C)(C(=O)O)c1ccccc1)NC(=O)OCC1c2ccccc2-c2ccccc21. The third-order valence-corrected chi connectivity index (χ3v) is 6.37. The van der Waals surface area contributed by atoms with Gasteiger partial charge in [0.05, 0.1) is 0 Å². The van der Waals surface area contributed by atoms with E-state index in [4.69, 9.17) is 4.74 Å². The summed E-state index contributed by atoms with van der Waals surface area (Å²) in [7, 11) is 0. The van der Waals surface area contributed by atoms with Crippen molar-refractivity contribution in [3.63, 3.8) is 0 Å². The van der Waals surface area contributed by atoms with Gasteiger partial charge in [-0.1, -0.05) is 78.9 Å². The minimum Gasteiger partial charge on any atom is -0.479 e. The number of benzene rings is 3. The van der Waals surface area contributed by atoms with Gasteiger partial charge in [-0.05, 0) is 41.7 Å². The number of carboxylic acid groups (broad SMARTS) is 1. The van der Waals surface area contributed by atoms with Crippen LogP contribution < -0.4 is 10.6 Å². The van der Waals surface area contributed by atoms with Gasteiger partial charge < -0.3 is 20.5 Å². The third kappa shape index (κ3) is 5.04. The zero-order valence-electron chi connectivity index (χ0n) is 19.7. The van der Waals surface area contributed by atoms with E-state index in [2.05, 4.69) is 22.8 Å². The largest absolute Gasteiger partial charge is 0.479 e. The Morgan fingerprint density at radius 3 is 2.03 bits per heavy atom. The predicted octanol–water partition coefficient (Wildman–Crippen LogP) is 4.42. The van der Waals surface area contributed by atoms with Gasteiger partial charge in [0.15, 0.2) is 5.54 Å². The second kappa shape index (κ2) is 10.0. The number of fused-ring (bicyclic) bond motifs is 3. The van der Waals surface area contributed by atoms with E-state index < -0.39 is 29.6 Å². The quantitative estimate of drug-likeness (QED) is 0.450. The molecule has 0 aromatic heterocycles. The molecule has 7 heteroatoms. The second-order valence-electron chi connectivity index (χ2n) is 8.92. The first-order chi connectivity index (χ1) is 16.8. The topological polar surface area (TPSA) is 105 Å². The molecule has 35 heavy (non-hydrogen) atoms. The minimum atomic E-state index is -1.58. The highest BCUT2D eigenvalue weighted by molar-refractivity contribution is 5.88. The van der Waals surface area contributed by atoms with Gasteiger partial charge in [0, 0.05) is 18.4 Å². The molecule has 0 aliphatic heterocycles. The second-order valence-corrected chi connectivity index (χ2v) is 8.92. The molecule has 0 fully saturated rings. The van der Waals surface area contributed by atoms with Gasteiger partial charge in [-0.2, -0.15) is 0 Å². The van der Waals surface area contributed by atoms with Crippen LogP contribution >= 0.6 is 0 Å². The van der Waals surface area contributed by atoms with E-state index in [1.165, 1.54) is 6.92 Å². The van der Waals surface area contributed by atoms with Crippen LogP contribution in [0, 0.1) is 0 Å². The number of hydrogen-bond donors (Lipinski definition) is 3. The summed E-state index contributed by atoms with van der Waals surface area (Å²) in [4.78, 5) is 37.0. The molecule has 0 heterocycles. The third-order valence-electron chi connectivity index (χ3n) is 6.37. The van der Waals surface area contributed by atoms with Crippen LogP contribution in [0.15, 0.2) is 78.9 Å². The normalized spacial score (nSPS) is 14.7. The Labute approximate surface area is 204 Å². The Balaban J connectivity index is 1.33. The average Bonchev–Trinajstić information content (AvgIpc) is 3.16. The van der Waals surface area contributed by atoms with Crippen LogP contribution in [0.25, 0.3) is 11.1 Å². The first kappa shape index (κ1) is 24.0. The summed E-state index contributed by atoms with van der Waals surface area (Å²) in [5.74, 6) is -1.73. The van der Waals surface area contributed by atoms with Crippen molar-refractivity contribution in [2.45, 2.75) is 37.8 Å². The van der Waals surface area contributed by atoms with Crippen LogP contribution in [0.1, 0.15) is 42.9 Å². The fraction of sp³-hybridized carbons (Fsp3) is 0.250. The van der Waals surface area contributed by atoms with Crippen LogP contribution in [-0.2, 0) is 19.9 Å². The highest BCUT2D eigenvalue weighted by atomic mass is 16.5. The van der Waals surface area contributed by atoms with Gasteiger partial charge in [0.1, 0.15) is 6.61 Å². The Morgan fingerprint density at radius 1 is 0.914 bits per heavy atom. The number of carbonyl (C=O) groups is 3. The van der Waals surface area contributed by atoms with Crippen molar-refractivity contribution in [2.24, 2.45) is 0 Å². The maximum atomic E-state index is 12.6. The molecule has 3 aromatic rings. The van der Waals surface area contributed by atoms with Gasteiger partial charge in [-0.3, -0.25) is 4.79 Å². The monoisotopic (exact) mass is 472 g/mol. The van der Waals surface area contributed by atoms with Gasteiger partial charge in [-0.25, -0.2) is 9.59 Å². The predicted molar refractivity (Wildman–Crippen MR) is 132 cm³/mol. The molecular formula is C28H28N2O5. The van der Waals surface area contributed by atoms with Crippen molar-refractivity contribution in [3.05, 3.63) is 95.6 Å². The summed E-state index contributed by atoms with van der Waals surface area (Å²) < 4.78 is 5.52. The van der Waals surface area contributed by atoms with Crippen LogP contribution in [0.5, 0.6) is 0 Å². The van der Waals surface area contributed by atoms with E-state index in [0.717, 1.165) is 22.3 Å². The number of nitrogens with one attached hydrogen (secondary N) is 2.